The Balaban J connectivity index is 2.30. The molecule has 0 aliphatic carbocycles. The van der Waals surface area contributed by atoms with Crippen molar-refractivity contribution in [1.29, 1.82) is 0 Å². The van der Waals surface area contributed by atoms with E-state index in [1.807, 2.05) is 55.4 Å². The maximum absolute atomic E-state index is 13.4. The summed E-state index contributed by atoms with van der Waals surface area (Å²) in [5.74, 6) is -0.264. The van der Waals surface area contributed by atoms with Gasteiger partial charge in [-0.2, -0.15) is 0 Å². The predicted molar refractivity (Wildman–Crippen MR) is 81.5 cm³/mol. The lowest BCUT2D eigenvalue weighted by molar-refractivity contribution is 0.629. The van der Waals surface area contributed by atoms with Crippen molar-refractivity contribution >= 4 is 16.6 Å². The summed E-state index contributed by atoms with van der Waals surface area (Å²) in [6.45, 7) is 0. The van der Waals surface area contributed by atoms with Crippen molar-refractivity contribution in [3.8, 4) is 11.3 Å². The summed E-state index contributed by atoms with van der Waals surface area (Å²) in [6.07, 6.45) is 0. The van der Waals surface area contributed by atoms with Gasteiger partial charge in [0.05, 0.1) is 11.2 Å². The number of pyridine rings is 1. The average Bonchev–Trinajstić information content (AvgIpc) is 2.46. The van der Waals surface area contributed by atoms with E-state index in [4.69, 9.17) is 0 Å². The molecular weight excluding hydrogens is 251 g/mol. The Morgan fingerprint density at radius 1 is 0.950 bits per heavy atom. The normalized spacial score (nSPS) is 10.8. The first kappa shape index (κ1) is 12.6. The monoisotopic (exact) mass is 266 g/mol. The van der Waals surface area contributed by atoms with Crippen LogP contribution in [0.3, 0.4) is 0 Å². The molecule has 0 amide bonds. The summed E-state index contributed by atoms with van der Waals surface area (Å²) >= 11 is 0. The predicted octanol–water partition coefficient (Wildman–Crippen LogP) is 4.11. The largest absolute Gasteiger partial charge is 0.377 e. The molecule has 0 bridgehead atoms. The van der Waals surface area contributed by atoms with Crippen molar-refractivity contribution in [1.82, 2.24) is 4.98 Å². The molecule has 1 aromatic heterocycles. The molecule has 3 aromatic rings. The zero-order chi connectivity index (χ0) is 14.1. The molecule has 20 heavy (non-hydrogen) atoms. The first-order chi connectivity index (χ1) is 9.65. The summed E-state index contributed by atoms with van der Waals surface area (Å²) in [6, 6.07) is 16.7. The van der Waals surface area contributed by atoms with Gasteiger partial charge in [-0.05, 0) is 18.2 Å². The van der Waals surface area contributed by atoms with Crippen LogP contribution in [0.25, 0.3) is 22.2 Å². The summed E-state index contributed by atoms with van der Waals surface area (Å²) in [7, 11) is 3.96. The van der Waals surface area contributed by atoms with Crippen molar-refractivity contribution in [2.45, 2.75) is 0 Å². The van der Waals surface area contributed by atoms with Gasteiger partial charge >= 0.3 is 0 Å². The highest BCUT2D eigenvalue weighted by molar-refractivity contribution is 5.94. The van der Waals surface area contributed by atoms with E-state index in [1.165, 1.54) is 12.1 Å². The number of hydrogen-bond acceptors (Lipinski definition) is 2. The maximum atomic E-state index is 13.4. The molecule has 0 N–H and O–H groups in total. The van der Waals surface area contributed by atoms with Crippen LogP contribution in [0.4, 0.5) is 10.1 Å². The molecule has 3 heteroatoms. The Labute approximate surface area is 117 Å². The number of halogens is 1. The second-order valence-corrected chi connectivity index (χ2v) is 4.95. The molecule has 2 aromatic carbocycles. The summed E-state index contributed by atoms with van der Waals surface area (Å²) in [4.78, 5) is 6.60. The van der Waals surface area contributed by atoms with E-state index in [9.17, 15) is 4.39 Å². The number of fused-ring (bicyclic) bond motifs is 1. The molecule has 0 saturated heterocycles. The Morgan fingerprint density at radius 2 is 1.70 bits per heavy atom. The van der Waals surface area contributed by atoms with Crippen molar-refractivity contribution < 1.29 is 4.39 Å². The molecule has 2 nitrogen and oxygen atoms in total. The number of nitrogens with zero attached hydrogens (tertiary/aromatic N) is 2. The van der Waals surface area contributed by atoms with Crippen LogP contribution >= 0.6 is 0 Å². The third-order valence-corrected chi connectivity index (χ3v) is 3.30. The number of aromatic nitrogens is 1. The highest BCUT2D eigenvalue weighted by atomic mass is 19.1. The topological polar surface area (TPSA) is 16.1 Å². The van der Waals surface area contributed by atoms with E-state index in [2.05, 4.69) is 4.98 Å². The zero-order valence-corrected chi connectivity index (χ0v) is 11.5. The van der Waals surface area contributed by atoms with E-state index in [0.29, 0.717) is 5.52 Å². The average molecular weight is 266 g/mol. The smallest absolute Gasteiger partial charge is 0.125 e. The van der Waals surface area contributed by atoms with Crippen molar-refractivity contribution in [2.24, 2.45) is 0 Å². The van der Waals surface area contributed by atoms with Crippen LogP contribution in [0, 0.1) is 5.82 Å². The molecule has 0 aliphatic heterocycles. The van der Waals surface area contributed by atoms with Crippen molar-refractivity contribution in [2.75, 3.05) is 19.0 Å². The lowest BCUT2D eigenvalue weighted by atomic mass is 10.1. The van der Waals surface area contributed by atoms with Gasteiger partial charge in [0.2, 0.25) is 0 Å². The quantitative estimate of drug-likeness (QED) is 0.694. The van der Waals surface area contributed by atoms with E-state index in [0.717, 1.165) is 22.3 Å². The van der Waals surface area contributed by atoms with E-state index >= 15 is 0 Å². The summed E-state index contributed by atoms with van der Waals surface area (Å²) in [5.41, 5.74) is 3.60. The van der Waals surface area contributed by atoms with Crippen LogP contribution < -0.4 is 4.90 Å². The van der Waals surface area contributed by atoms with Crippen LogP contribution in [0.5, 0.6) is 0 Å². The molecule has 0 unspecified atom stereocenters. The number of rotatable bonds is 2. The minimum Gasteiger partial charge on any atom is -0.377 e. The number of anilines is 1. The van der Waals surface area contributed by atoms with Gasteiger partial charge in [-0.1, -0.05) is 30.3 Å². The van der Waals surface area contributed by atoms with Gasteiger partial charge in [-0.3, -0.25) is 0 Å². The molecule has 0 radical (unpaired) electrons. The second kappa shape index (κ2) is 4.93. The maximum Gasteiger partial charge on any atom is 0.125 e. The minimum absolute atomic E-state index is 0.264. The zero-order valence-electron chi connectivity index (χ0n) is 11.5. The van der Waals surface area contributed by atoms with Gasteiger partial charge in [0, 0.05) is 36.8 Å². The first-order valence-corrected chi connectivity index (χ1v) is 6.48. The van der Waals surface area contributed by atoms with Crippen molar-refractivity contribution in [3.05, 3.63) is 60.4 Å². The standard InChI is InChI=1S/C17H15FN2/c1-20(2)17-11-15(12-6-4-3-5-7-12)19-16-10-13(18)8-9-14(16)17/h3-11H,1-2H3. The van der Waals surface area contributed by atoms with E-state index in [1.54, 1.807) is 6.07 Å². The van der Waals surface area contributed by atoms with Gasteiger partial charge in [-0.25, -0.2) is 9.37 Å². The molecule has 0 aliphatic rings. The Kier molecular flexibility index (Phi) is 3.11. The molecule has 3 rings (SSSR count). The summed E-state index contributed by atoms with van der Waals surface area (Å²) < 4.78 is 13.4. The van der Waals surface area contributed by atoms with Crippen LogP contribution in [-0.2, 0) is 0 Å². The van der Waals surface area contributed by atoms with E-state index < -0.39 is 0 Å². The lowest BCUT2D eigenvalue weighted by Gasteiger charge is -2.17. The SMILES string of the molecule is CN(C)c1cc(-c2ccccc2)nc2cc(F)ccc12. The molecule has 0 saturated carbocycles. The van der Waals surface area contributed by atoms with Crippen molar-refractivity contribution in [3.63, 3.8) is 0 Å². The van der Waals surface area contributed by atoms with Crippen LogP contribution in [0.15, 0.2) is 54.6 Å². The molecule has 100 valence electrons. The Morgan fingerprint density at radius 3 is 2.40 bits per heavy atom. The first-order valence-electron chi connectivity index (χ1n) is 6.48. The van der Waals surface area contributed by atoms with Gasteiger partial charge in [0.1, 0.15) is 5.82 Å². The highest BCUT2D eigenvalue weighted by Crippen LogP contribution is 2.30. The molecule has 1 heterocycles. The third-order valence-electron chi connectivity index (χ3n) is 3.30. The van der Waals surface area contributed by atoms with Crippen LogP contribution in [0.2, 0.25) is 0 Å². The van der Waals surface area contributed by atoms with Crippen LogP contribution in [0.1, 0.15) is 0 Å². The third kappa shape index (κ3) is 2.23. The van der Waals surface area contributed by atoms with Gasteiger partial charge < -0.3 is 4.90 Å². The lowest BCUT2D eigenvalue weighted by Crippen LogP contribution is -2.10. The highest BCUT2D eigenvalue weighted by Gasteiger charge is 2.09. The molecule has 0 atom stereocenters. The van der Waals surface area contributed by atoms with Crippen LogP contribution in [-0.4, -0.2) is 19.1 Å². The number of hydrogen-bond donors (Lipinski definition) is 0. The molecular formula is C17H15FN2. The fourth-order valence-corrected chi connectivity index (χ4v) is 2.31. The van der Waals surface area contributed by atoms with E-state index in [-0.39, 0.29) is 5.82 Å². The summed E-state index contributed by atoms with van der Waals surface area (Å²) in [5, 5.41) is 0.955. The fourth-order valence-electron chi connectivity index (χ4n) is 2.31. The Bertz CT molecular complexity index is 752. The van der Waals surface area contributed by atoms with Gasteiger partial charge in [0.25, 0.3) is 0 Å². The fraction of sp³-hybridized carbons (Fsp3) is 0.118. The number of benzene rings is 2. The molecule has 0 spiro atoms. The van der Waals surface area contributed by atoms with Gasteiger partial charge in [0.15, 0.2) is 0 Å². The minimum atomic E-state index is -0.264. The Hall–Kier alpha value is -2.42. The second-order valence-electron chi connectivity index (χ2n) is 4.95. The van der Waals surface area contributed by atoms with Gasteiger partial charge in [-0.15, -0.1) is 0 Å². The molecule has 0 fully saturated rings.